The number of methoxy groups -OCH3 is 2. The number of nitrogens with zero attached hydrogens (tertiary/aromatic N) is 1. The van der Waals surface area contributed by atoms with Gasteiger partial charge in [-0.05, 0) is 50.1 Å². The number of piperidine rings is 1. The minimum absolute atomic E-state index is 0.00849. The summed E-state index contributed by atoms with van der Waals surface area (Å²) in [4.78, 5) is 27.4. The van der Waals surface area contributed by atoms with E-state index < -0.39 is 0 Å². The molecule has 2 N–H and O–H groups in total. The number of urea groups is 1. The van der Waals surface area contributed by atoms with Crippen LogP contribution in [0.4, 0.5) is 4.79 Å². The van der Waals surface area contributed by atoms with Crippen molar-refractivity contribution in [1.29, 1.82) is 0 Å². The van der Waals surface area contributed by atoms with E-state index in [1.807, 2.05) is 38.1 Å². The summed E-state index contributed by atoms with van der Waals surface area (Å²) in [6.07, 6.45) is 2.21. The van der Waals surface area contributed by atoms with Crippen molar-refractivity contribution >= 4 is 11.9 Å². The van der Waals surface area contributed by atoms with E-state index in [2.05, 4.69) is 10.6 Å². The highest BCUT2D eigenvalue weighted by molar-refractivity contribution is 5.81. The number of hydrogen-bond donors (Lipinski definition) is 2. The molecule has 2 heterocycles. The monoisotopic (exact) mass is 429 g/mol. The number of amides is 3. The van der Waals surface area contributed by atoms with Crippen LogP contribution in [-0.2, 0) is 11.3 Å². The lowest BCUT2D eigenvalue weighted by molar-refractivity contribution is -0.126. The largest absolute Gasteiger partial charge is 0.493 e. The third kappa shape index (κ3) is 5.71. The highest BCUT2D eigenvalue weighted by atomic mass is 16.5. The molecule has 1 aliphatic rings. The molecule has 0 unspecified atom stereocenters. The van der Waals surface area contributed by atoms with E-state index in [-0.39, 0.29) is 29.8 Å². The van der Waals surface area contributed by atoms with Gasteiger partial charge in [-0.15, -0.1) is 0 Å². The van der Waals surface area contributed by atoms with Gasteiger partial charge in [0.05, 0.1) is 32.9 Å². The van der Waals surface area contributed by atoms with Crippen molar-refractivity contribution in [3.05, 3.63) is 47.9 Å². The number of carbonyl (C=O) groups is 2. The van der Waals surface area contributed by atoms with Gasteiger partial charge in [0.25, 0.3) is 0 Å². The summed E-state index contributed by atoms with van der Waals surface area (Å²) in [7, 11) is 3.19. The number of nitrogens with one attached hydrogen (secondary N) is 2. The maximum atomic E-state index is 12.9. The van der Waals surface area contributed by atoms with Gasteiger partial charge in [0.15, 0.2) is 11.5 Å². The third-order valence-corrected chi connectivity index (χ3v) is 5.42. The van der Waals surface area contributed by atoms with Crippen molar-refractivity contribution in [2.75, 3.05) is 27.3 Å². The SMILES string of the molecule is COc1ccc([C@@H]2C[C@@H](C(=O)NCc3ccco3)CN(C(=O)NC(C)C)C2)cc1OC. The smallest absolute Gasteiger partial charge is 0.317 e. The molecule has 3 rings (SSSR count). The molecule has 31 heavy (non-hydrogen) atoms. The fourth-order valence-corrected chi connectivity index (χ4v) is 3.87. The highest BCUT2D eigenvalue weighted by Crippen LogP contribution is 2.36. The number of carbonyl (C=O) groups excluding carboxylic acids is 2. The lowest BCUT2D eigenvalue weighted by Crippen LogP contribution is -2.52. The minimum atomic E-state index is -0.334. The van der Waals surface area contributed by atoms with Gasteiger partial charge in [-0.1, -0.05) is 6.07 Å². The molecule has 0 saturated carbocycles. The Balaban J connectivity index is 1.79. The summed E-state index contributed by atoms with van der Waals surface area (Å²) in [5.74, 6) is 1.52. The second kappa shape index (κ2) is 10.2. The molecule has 1 aliphatic heterocycles. The minimum Gasteiger partial charge on any atom is -0.493 e. The van der Waals surface area contributed by atoms with Crippen LogP contribution in [0.3, 0.4) is 0 Å². The highest BCUT2D eigenvalue weighted by Gasteiger charge is 2.35. The molecule has 1 saturated heterocycles. The Labute approximate surface area is 182 Å². The standard InChI is InChI=1S/C23H31N3O5/c1-15(2)25-23(28)26-13-17(16-7-8-20(29-3)21(11-16)30-4)10-18(14-26)22(27)24-12-19-6-5-9-31-19/h5-9,11,15,17-18H,10,12-14H2,1-4H3,(H,24,27)(H,25,28)/t17-,18-/m1/s1. The molecule has 2 aromatic rings. The van der Waals surface area contributed by atoms with Crippen LogP contribution in [0.5, 0.6) is 11.5 Å². The molecule has 1 aromatic carbocycles. The zero-order valence-corrected chi connectivity index (χ0v) is 18.5. The van der Waals surface area contributed by atoms with Gasteiger partial charge in [-0.2, -0.15) is 0 Å². The summed E-state index contributed by atoms with van der Waals surface area (Å²) in [5, 5.41) is 5.87. The van der Waals surface area contributed by atoms with E-state index in [1.54, 1.807) is 31.4 Å². The van der Waals surface area contributed by atoms with Crippen LogP contribution in [0.2, 0.25) is 0 Å². The normalized spacial score (nSPS) is 18.5. The third-order valence-electron chi connectivity index (χ3n) is 5.42. The molecular weight excluding hydrogens is 398 g/mol. The molecule has 8 heteroatoms. The van der Waals surface area contributed by atoms with Crippen molar-refractivity contribution in [3.8, 4) is 11.5 Å². The summed E-state index contributed by atoms with van der Waals surface area (Å²) in [6.45, 7) is 5.05. The Morgan fingerprint density at radius 2 is 1.94 bits per heavy atom. The Bertz CT molecular complexity index is 881. The molecule has 3 amide bonds. The van der Waals surface area contributed by atoms with Gasteiger partial charge in [-0.3, -0.25) is 4.79 Å². The quantitative estimate of drug-likeness (QED) is 0.705. The number of rotatable bonds is 7. The first-order chi connectivity index (χ1) is 14.9. The molecule has 2 atom stereocenters. The van der Waals surface area contributed by atoms with Crippen molar-refractivity contribution in [2.24, 2.45) is 5.92 Å². The van der Waals surface area contributed by atoms with Crippen LogP contribution in [0.25, 0.3) is 0 Å². The van der Waals surface area contributed by atoms with Gasteiger partial charge in [0.1, 0.15) is 5.76 Å². The number of ether oxygens (including phenoxy) is 2. The molecular formula is C23H31N3O5. The van der Waals surface area contributed by atoms with Crippen LogP contribution in [0.1, 0.15) is 37.5 Å². The van der Waals surface area contributed by atoms with Gasteiger partial charge in [-0.25, -0.2) is 4.79 Å². The number of likely N-dealkylation sites (tertiary alicyclic amines) is 1. The molecule has 0 bridgehead atoms. The second-order valence-corrected chi connectivity index (χ2v) is 8.05. The first-order valence-electron chi connectivity index (χ1n) is 10.5. The van der Waals surface area contributed by atoms with E-state index in [0.29, 0.717) is 43.3 Å². The topological polar surface area (TPSA) is 93.0 Å². The lowest BCUT2D eigenvalue weighted by atomic mass is 9.84. The van der Waals surface area contributed by atoms with Gasteiger partial charge >= 0.3 is 6.03 Å². The fraction of sp³-hybridized carbons (Fsp3) is 0.478. The van der Waals surface area contributed by atoms with Crippen LogP contribution >= 0.6 is 0 Å². The van der Waals surface area contributed by atoms with Crippen LogP contribution in [0, 0.1) is 5.92 Å². The van der Waals surface area contributed by atoms with Crippen molar-refractivity contribution < 1.29 is 23.5 Å². The molecule has 1 fully saturated rings. The van der Waals surface area contributed by atoms with E-state index >= 15 is 0 Å². The van der Waals surface area contributed by atoms with E-state index in [9.17, 15) is 9.59 Å². The first-order valence-corrected chi connectivity index (χ1v) is 10.5. The van der Waals surface area contributed by atoms with Gasteiger partial charge in [0, 0.05) is 25.0 Å². The summed E-state index contributed by atoms with van der Waals surface area (Å²) in [5.41, 5.74) is 1.00. The summed E-state index contributed by atoms with van der Waals surface area (Å²) < 4.78 is 16.1. The van der Waals surface area contributed by atoms with Crippen molar-refractivity contribution in [2.45, 2.75) is 38.8 Å². The molecule has 0 spiro atoms. The zero-order valence-electron chi connectivity index (χ0n) is 18.5. The number of hydrogen-bond acceptors (Lipinski definition) is 5. The van der Waals surface area contributed by atoms with Crippen molar-refractivity contribution in [3.63, 3.8) is 0 Å². The molecule has 1 aromatic heterocycles. The Hall–Kier alpha value is -3.16. The average Bonchev–Trinajstić information content (AvgIpc) is 3.29. The summed E-state index contributed by atoms with van der Waals surface area (Å²) >= 11 is 0. The molecule has 0 aliphatic carbocycles. The molecule has 0 radical (unpaired) electrons. The fourth-order valence-electron chi connectivity index (χ4n) is 3.87. The maximum absolute atomic E-state index is 12.9. The van der Waals surface area contributed by atoms with Crippen LogP contribution < -0.4 is 20.1 Å². The lowest BCUT2D eigenvalue weighted by Gasteiger charge is -2.37. The number of benzene rings is 1. The Morgan fingerprint density at radius 3 is 2.58 bits per heavy atom. The Kier molecular flexibility index (Phi) is 7.44. The zero-order chi connectivity index (χ0) is 22.4. The predicted octanol–water partition coefficient (Wildman–Crippen LogP) is 3.14. The van der Waals surface area contributed by atoms with Gasteiger partial charge in [0.2, 0.25) is 5.91 Å². The molecule has 168 valence electrons. The summed E-state index contributed by atoms with van der Waals surface area (Å²) in [6, 6.07) is 9.19. The predicted molar refractivity (Wildman–Crippen MR) is 116 cm³/mol. The first kappa shape index (κ1) is 22.5. The van der Waals surface area contributed by atoms with Crippen LogP contribution in [-0.4, -0.2) is 50.2 Å². The maximum Gasteiger partial charge on any atom is 0.317 e. The van der Waals surface area contributed by atoms with E-state index in [0.717, 1.165) is 5.56 Å². The van der Waals surface area contributed by atoms with Gasteiger partial charge < -0.3 is 29.4 Å². The second-order valence-electron chi connectivity index (χ2n) is 8.05. The van der Waals surface area contributed by atoms with E-state index in [1.165, 1.54) is 0 Å². The average molecular weight is 430 g/mol. The Morgan fingerprint density at radius 1 is 1.16 bits per heavy atom. The van der Waals surface area contributed by atoms with E-state index in [4.69, 9.17) is 13.9 Å². The number of furan rings is 1. The van der Waals surface area contributed by atoms with Crippen LogP contribution in [0.15, 0.2) is 41.0 Å². The van der Waals surface area contributed by atoms with Crippen molar-refractivity contribution in [1.82, 2.24) is 15.5 Å². The molecule has 8 nitrogen and oxygen atoms in total.